The molecule has 2 aliphatic heterocycles. The van der Waals surface area contributed by atoms with Crippen molar-refractivity contribution in [1.29, 1.82) is 0 Å². The molecule has 0 aromatic heterocycles. The van der Waals surface area contributed by atoms with Gasteiger partial charge >= 0.3 is 0 Å². The molecule has 3 aromatic rings. The van der Waals surface area contributed by atoms with Crippen LogP contribution < -0.4 is 0 Å². The molecule has 1 N–H and O–H groups in total. The van der Waals surface area contributed by atoms with Crippen LogP contribution in [0.15, 0.2) is 72.8 Å². The minimum absolute atomic E-state index is 0.0855. The highest BCUT2D eigenvalue weighted by Crippen LogP contribution is 2.35. The number of carbonyl (C=O) groups is 1. The van der Waals surface area contributed by atoms with Crippen LogP contribution in [0.4, 0.5) is 0 Å². The summed E-state index contributed by atoms with van der Waals surface area (Å²) < 4.78 is 0. The average molecular weight is 384 g/mol. The first-order valence-electron chi connectivity index (χ1n) is 10.2. The lowest BCUT2D eigenvalue weighted by Gasteiger charge is -2.36. The van der Waals surface area contributed by atoms with E-state index >= 15 is 0 Å². The summed E-state index contributed by atoms with van der Waals surface area (Å²) in [4.78, 5) is 17.1. The van der Waals surface area contributed by atoms with E-state index in [1.807, 2.05) is 42.5 Å². The van der Waals surface area contributed by atoms with Gasteiger partial charge in [0.05, 0.1) is 0 Å². The zero-order chi connectivity index (χ0) is 19.8. The van der Waals surface area contributed by atoms with Crippen LogP contribution in [0.25, 0.3) is 16.3 Å². The third kappa shape index (κ3) is 3.24. The first kappa shape index (κ1) is 18.1. The van der Waals surface area contributed by atoms with Crippen LogP contribution in [0.5, 0.6) is 0 Å². The Kier molecular flexibility index (Phi) is 4.66. The average Bonchev–Trinajstić information content (AvgIpc) is 2.78. The van der Waals surface area contributed by atoms with Crippen molar-refractivity contribution in [3.63, 3.8) is 0 Å². The molecular weight excluding hydrogens is 360 g/mol. The third-order valence-electron chi connectivity index (χ3n) is 6.03. The standard InChI is InChI=1S/C25H24N2O2/c28-24-21-12-4-9-19-10-5-13-22(23(19)21)25(29)27(24)16-15-26-14-6-11-20(17-26)18-7-2-1-3-8-18/h1-5,7-13,24,28H,6,14-17H2. The van der Waals surface area contributed by atoms with Crippen LogP contribution in [0.1, 0.15) is 34.1 Å². The van der Waals surface area contributed by atoms with Crippen molar-refractivity contribution in [3.8, 4) is 0 Å². The minimum Gasteiger partial charge on any atom is -0.369 e. The fourth-order valence-electron chi connectivity index (χ4n) is 4.53. The fourth-order valence-corrected chi connectivity index (χ4v) is 4.53. The number of benzene rings is 3. The number of nitrogens with zero attached hydrogens (tertiary/aromatic N) is 2. The lowest BCUT2D eigenvalue weighted by molar-refractivity contribution is 0.00159. The summed E-state index contributed by atoms with van der Waals surface area (Å²) in [5, 5.41) is 12.8. The Morgan fingerprint density at radius 3 is 2.55 bits per heavy atom. The van der Waals surface area contributed by atoms with Gasteiger partial charge in [0.2, 0.25) is 0 Å². The number of aliphatic hydroxyl groups is 1. The van der Waals surface area contributed by atoms with E-state index in [1.54, 1.807) is 4.90 Å². The third-order valence-corrected chi connectivity index (χ3v) is 6.03. The normalized spacial score (nSPS) is 19.5. The molecule has 4 heteroatoms. The van der Waals surface area contributed by atoms with E-state index < -0.39 is 6.23 Å². The zero-order valence-electron chi connectivity index (χ0n) is 16.3. The Balaban J connectivity index is 1.33. The molecule has 0 spiro atoms. The Morgan fingerprint density at radius 1 is 0.931 bits per heavy atom. The summed E-state index contributed by atoms with van der Waals surface area (Å²) in [6.07, 6.45) is 2.42. The summed E-state index contributed by atoms with van der Waals surface area (Å²) in [7, 11) is 0. The largest absolute Gasteiger partial charge is 0.369 e. The highest BCUT2D eigenvalue weighted by Gasteiger charge is 2.32. The lowest BCUT2D eigenvalue weighted by Crippen LogP contribution is -2.44. The molecule has 146 valence electrons. The van der Waals surface area contributed by atoms with Crippen LogP contribution in [0, 0.1) is 0 Å². The quantitative estimate of drug-likeness (QED) is 0.737. The molecule has 29 heavy (non-hydrogen) atoms. The molecule has 0 saturated carbocycles. The first-order valence-corrected chi connectivity index (χ1v) is 10.2. The molecule has 2 aliphatic rings. The smallest absolute Gasteiger partial charge is 0.256 e. The highest BCUT2D eigenvalue weighted by atomic mass is 16.3. The van der Waals surface area contributed by atoms with E-state index in [0.717, 1.165) is 42.4 Å². The highest BCUT2D eigenvalue weighted by molar-refractivity contribution is 6.10. The van der Waals surface area contributed by atoms with Gasteiger partial charge in [-0.1, -0.05) is 66.7 Å². The molecule has 1 atom stereocenters. The molecule has 3 aromatic carbocycles. The number of hydrogen-bond acceptors (Lipinski definition) is 3. The molecule has 1 unspecified atom stereocenters. The van der Waals surface area contributed by atoms with Gasteiger partial charge in [-0.3, -0.25) is 9.69 Å². The molecule has 1 amide bonds. The second-order valence-corrected chi connectivity index (χ2v) is 7.78. The van der Waals surface area contributed by atoms with Crippen LogP contribution in [-0.4, -0.2) is 47.0 Å². The molecule has 0 fully saturated rings. The number of hydrogen-bond donors (Lipinski definition) is 1. The fraction of sp³-hybridized carbons (Fsp3) is 0.240. The predicted octanol–water partition coefficient (Wildman–Crippen LogP) is 4.08. The van der Waals surface area contributed by atoms with E-state index in [1.165, 1.54) is 11.1 Å². The first-order chi connectivity index (χ1) is 14.2. The van der Waals surface area contributed by atoms with E-state index in [0.29, 0.717) is 12.1 Å². The van der Waals surface area contributed by atoms with Gasteiger partial charge in [-0.05, 0) is 29.0 Å². The van der Waals surface area contributed by atoms with Crippen molar-refractivity contribution in [3.05, 3.63) is 89.5 Å². The Labute approximate surface area is 170 Å². The maximum absolute atomic E-state index is 13.1. The van der Waals surface area contributed by atoms with Crippen molar-refractivity contribution >= 4 is 22.3 Å². The summed E-state index contributed by atoms with van der Waals surface area (Å²) in [5.41, 5.74) is 4.09. The van der Waals surface area contributed by atoms with Crippen LogP contribution >= 0.6 is 0 Å². The number of aliphatic hydroxyl groups excluding tert-OH is 1. The van der Waals surface area contributed by atoms with Gasteiger partial charge < -0.3 is 10.0 Å². The molecule has 0 radical (unpaired) electrons. The van der Waals surface area contributed by atoms with Gasteiger partial charge in [0, 0.05) is 42.7 Å². The Hall–Kier alpha value is -2.95. The monoisotopic (exact) mass is 384 g/mol. The SMILES string of the molecule is O=C1c2cccc3cccc(c23)C(O)N1CCN1CCC=C(c2ccccc2)C1. The van der Waals surface area contributed by atoms with Gasteiger partial charge in [-0.2, -0.15) is 0 Å². The van der Waals surface area contributed by atoms with Crippen LogP contribution in [-0.2, 0) is 0 Å². The van der Waals surface area contributed by atoms with Crippen molar-refractivity contribution in [1.82, 2.24) is 9.80 Å². The summed E-state index contributed by atoms with van der Waals surface area (Å²) in [5.74, 6) is -0.0855. The second kappa shape index (κ2) is 7.47. The molecule has 4 nitrogen and oxygen atoms in total. The van der Waals surface area contributed by atoms with Crippen molar-refractivity contribution in [2.75, 3.05) is 26.2 Å². The van der Waals surface area contributed by atoms with Crippen molar-refractivity contribution in [2.24, 2.45) is 0 Å². The number of rotatable bonds is 4. The minimum atomic E-state index is -0.893. The van der Waals surface area contributed by atoms with Gasteiger partial charge in [0.1, 0.15) is 0 Å². The van der Waals surface area contributed by atoms with Crippen molar-refractivity contribution in [2.45, 2.75) is 12.6 Å². The van der Waals surface area contributed by atoms with Gasteiger partial charge in [-0.25, -0.2) is 0 Å². The van der Waals surface area contributed by atoms with Gasteiger partial charge in [0.15, 0.2) is 6.23 Å². The Bertz CT molecular complexity index is 1090. The maximum atomic E-state index is 13.1. The van der Waals surface area contributed by atoms with Crippen LogP contribution in [0.3, 0.4) is 0 Å². The summed E-state index contributed by atoms with van der Waals surface area (Å²) in [6, 6.07) is 22.1. The Morgan fingerprint density at radius 2 is 1.72 bits per heavy atom. The lowest BCUT2D eigenvalue weighted by atomic mass is 9.93. The van der Waals surface area contributed by atoms with E-state index in [-0.39, 0.29) is 5.91 Å². The zero-order valence-corrected chi connectivity index (χ0v) is 16.3. The number of carbonyl (C=O) groups excluding carboxylic acids is 1. The molecule has 0 saturated heterocycles. The number of amides is 1. The van der Waals surface area contributed by atoms with E-state index in [9.17, 15) is 9.90 Å². The molecule has 2 heterocycles. The van der Waals surface area contributed by atoms with Gasteiger partial charge in [0.25, 0.3) is 5.91 Å². The second-order valence-electron chi connectivity index (χ2n) is 7.78. The maximum Gasteiger partial charge on any atom is 0.256 e. The molecule has 0 aliphatic carbocycles. The topological polar surface area (TPSA) is 43.8 Å². The molecular formula is C25H24N2O2. The molecule has 0 bridgehead atoms. The predicted molar refractivity (Wildman–Crippen MR) is 115 cm³/mol. The summed E-state index contributed by atoms with van der Waals surface area (Å²) in [6.45, 7) is 3.09. The molecule has 5 rings (SSSR count). The van der Waals surface area contributed by atoms with Gasteiger partial charge in [-0.15, -0.1) is 0 Å². The van der Waals surface area contributed by atoms with Crippen LogP contribution in [0.2, 0.25) is 0 Å². The summed E-state index contributed by atoms with van der Waals surface area (Å²) >= 11 is 0. The van der Waals surface area contributed by atoms with Crippen molar-refractivity contribution < 1.29 is 9.90 Å². The van der Waals surface area contributed by atoms with E-state index in [4.69, 9.17) is 0 Å². The van der Waals surface area contributed by atoms with E-state index in [2.05, 4.69) is 35.2 Å².